The lowest BCUT2D eigenvalue weighted by molar-refractivity contribution is -0.178. The third kappa shape index (κ3) is 9.38. The second-order valence-electron chi connectivity index (χ2n) is 5.13. The lowest BCUT2D eigenvalue weighted by atomic mass is 10.2. The molecule has 9 heteroatoms. The predicted molar refractivity (Wildman–Crippen MR) is 75.7 cm³/mol. The van der Waals surface area contributed by atoms with Crippen LogP contribution < -0.4 is 5.32 Å². The van der Waals surface area contributed by atoms with Gasteiger partial charge in [-0.15, -0.1) is 0 Å². The smallest absolute Gasteiger partial charge is 0.410 e. The Hall–Kier alpha value is -1.19. The molecule has 0 aliphatic heterocycles. The molecule has 0 rings (SSSR count). The van der Waals surface area contributed by atoms with Gasteiger partial charge >= 0.3 is 12.1 Å². The molecule has 0 aliphatic rings. The van der Waals surface area contributed by atoms with Crippen molar-refractivity contribution in [2.24, 2.45) is 11.8 Å². The summed E-state index contributed by atoms with van der Waals surface area (Å²) >= 11 is -2.15. The molecule has 1 unspecified atom stereocenters. The summed E-state index contributed by atoms with van der Waals surface area (Å²) < 4.78 is 29.0. The van der Waals surface area contributed by atoms with Crippen LogP contribution in [0, 0.1) is 11.8 Å². The number of esters is 1. The van der Waals surface area contributed by atoms with E-state index in [1.165, 1.54) is 0 Å². The standard InChI is InChI=1S/C12H23NO7S/c1-7(2)10(15)19-11(8(3)4)20-12(16)13-5-9(14)6-21(17)18/h7-9,11,14H,5-6H2,1-4H3,(H,13,16)(H,17,18)/t9-,11-/m1/s1. The number of hydrogen-bond donors (Lipinski definition) is 3. The highest BCUT2D eigenvalue weighted by molar-refractivity contribution is 7.79. The molecule has 0 aromatic carbocycles. The van der Waals surface area contributed by atoms with Gasteiger partial charge in [0, 0.05) is 12.5 Å². The van der Waals surface area contributed by atoms with Gasteiger partial charge in [0.25, 0.3) is 6.29 Å². The summed E-state index contributed by atoms with van der Waals surface area (Å²) in [5, 5.41) is 11.5. The van der Waals surface area contributed by atoms with Gasteiger partial charge in [0.2, 0.25) is 0 Å². The molecule has 1 amide bonds. The van der Waals surface area contributed by atoms with Crippen LogP contribution in [0.3, 0.4) is 0 Å². The number of ether oxygens (including phenoxy) is 2. The number of carbonyl (C=O) groups excluding carboxylic acids is 2. The van der Waals surface area contributed by atoms with E-state index in [0.29, 0.717) is 0 Å². The molecule has 0 aliphatic carbocycles. The normalized spacial score (nSPS) is 15.4. The fraction of sp³-hybridized carbons (Fsp3) is 0.833. The van der Waals surface area contributed by atoms with E-state index < -0.39 is 35.5 Å². The molecule has 8 nitrogen and oxygen atoms in total. The second kappa shape index (κ2) is 9.69. The number of amides is 1. The molecular formula is C12H23NO7S. The van der Waals surface area contributed by atoms with Gasteiger partial charge in [0.05, 0.1) is 17.8 Å². The van der Waals surface area contributed by atoms with Crippen LogP contribution in [0.4, 0.5) is 4.79 Å². The van der Waals surface area contributed by atoms with Crippen LogP contribution in [-0.2, 0) is 25.3 Å². The monoisotopic (exact) mass is 325 g/mol. The van der Waals surface area contributed by atoms with E-state index in [9.17, 15) is 18.9 Å². The molecule has 0 aromatic rings. The molecule has 0 spiro atoms. The molecule has 3 N–H and O–H groups in total. The fourth-order valence-electron chi connectivity index (χ4n) is 1.12. The Morgan fingerprint density at radius 1 is 1.19 bits per heavy atom. The Kier molecular flexibility index (Phi) is 9.14. The van der Waals surface area contributed by atoms with Crippen molar-refractivity contribution in [3.8, 4) is 0 Å². The van der Waals surface area contributed by atoms with Crippen LogP contribution in [0.5, 0.6) is 0 Å². The minimum Gasteiger partial charge on any atom is -0.425 e. The van der Waals surface area contributed by atoms with Gasteiger partial charge in [-0.3, -0.25) is 4.79 Å². The maximum atomic E-state index is 11.5. The Balaban J connectivity index is 4.29. The predicted octanol–water partition coefficient (Wildman–Crippen LogP) is 0.476. The zero-order valence-electron chi connectivity index (χ0n) is 12.6. The van der Waals surface area contributed by atoms with Gasteiger partial charge in [0.15, 0.2) is 11.1 Å². The van der Waals surface area contributed by atoms with E-state index >= 15 is 0 Å². The Bertz CT molecular complexity index is 373. The SMILES string of the molecule is CC(C)C(=O)O[C@H](OC(=O)NC[C@@H](O)CS(=O)O)C(C)C. The van der Waals surface area contributed by atoms with Crippen LogP contribution >= 0.6 is 0 Å². The van der Waals surface area contributed by atoms with Crippen molar-refractivity contribution < 1.29 is 32.9 Å². The van der Waals surface area contributed by atoms with Gasteiger partial charge in [-0.05, 0) is 0 Å². The quantitative estimate of drug-likeness (QED) is 0.337. The van der Waals surface area contributed by atoms with Gasteiger partial charge in [-0.1, -0.05) is 27.7 Å². The van der Waals surface area contributed by atoms with E-state index in [1.54, 1.807) is 27.7 Å². The zero-order chi connectivity index (χ0) is 16.6. The number of alkyl carbamates (subject to hydrolysis) is 1. The van der Waals surface area contributed by atoms with Crippen LogP contribution in [0.25, 0.3) is 0 Å². The summed E-state index contributed by atoms with van der Waals surface area (Å²) in [6.07, 6.45) is -3.09. The molecule has 0 saturated heterocycles. The molecule has 0 saturated carbocycles. The summed E-state index contributed by atoms with van der Waals surface area (Å²) in [6, 6.07) is 0. The minimum atomic E-state index is -2.15. The molecule has 0 bridgehead atoms. The first-order valence-corrected chi connectivity index (χ1v) is 7.81. The van der Waals surface area contributed by atoms with E-state index in [4.69, 9.17) is 14.0 Å². The zero-order valence-corrected chi connectivity index (χ0v) is 13.4. The maximum Gasteiger partial charge on any atom is 0.410 e. The number of nitrogens with one attached hydrogen (secondary N) is 1. The van der Waals surface area contributed by atoms with Crippen molar-refractivity contribution in [3.05, 3.63) is 0 Å². The summed E-state index contributed by atoms with van der Waals surface area (Å²) in [5.41, 5.74) is 0. The molecule has 3 atom stereocenters. The third-order valence-electron chi connectivity index (χ3n) is 2.29. The van der Waals surface area contributed by atoms with Crippen molar-refractivity contribution in [3.63, 3.8) is 0 Å². The third-order valence-corrected chi connectivity index (χ3v) is 2.96. The number of carbonyl (C=O) groups is 2. The molecule has 0 aromatic heterocycles. The van der Waals surface area contributed by atoms with Gasteiger partial charge < -0.3 is 24.4 Å². The first-order chi connectivity index (χ1) is 9.63. The van der Waals surface area contributed by atoms with Gasteiger partial charge in [-0.2, -0.15) is 0 Å². The lowest BCUT2D eigenvalue weighted by Gasteiger charge is -2.22. The fourth-order valence-corrected chi connectivity index (χ4v) is 1.57. The molecule has 124 valence electrons. The Labute approximate surface area is 126 Å². The summed E-state index contributed by atoms with van der Waals surface area (Å²) in [7, 11) is 0. The van der Waals surface area contributed by atoms with Crippen LogP contribution in [0.15, 0.2) is 0 Å². The van der Waals surface area contributed by atoms with Crippen molar-refractivity contribution in [2.45, 2.75) is 40.1 Å². The average molecular weight is 325 g/mol. The van der Waals surface area contributed by atoms with E-state index in [2.05, 4.69) is 5.32 Å². The van der Waals surface area contributed by atoms with E-state index in [0.717, 1.165) is 0 Å². The maximum absolute atomic E-state index is 11.5. The van der Waals surface area contributed by atoms with E-state index in [-0.39, 0.29) is 24.1 Å². The number of hydrogen-bond acceptors (Lipinski definition) is 6. The minimum absolute atomic E-state index is 0.242. The molecular weight excluding hydrogens is 302 g/mol. The van der Waals surface area contributed by atoms with Crippen LogP contribution in [0.2, 0.25) is 0 Å². The summed E-state index contributed by atoms with van der Waals surface area (Å²) in [4.78, 5) is 23.0. The Morgan fingerprint density at radius 3 is 2.19 bits per heavy atom. The van der Waals surface area contributed by atoms with Crippen LogP contribution in [-0.4, -0.2) is 50.6 Å². The number of rotatable bonds is 8. The van der Waals surface area contributed by atoms with Crippen molar-refractivity contribution >= 4 is 23.1 Å². The molecule has 0 heterocycles. The van der Waals surface area contributed by atoms with Crippen molar-refractivity contribution in [1.29, 1.82) is 0 Å². The Morgan fingerprint density at radius 2 is 1.76 bits per heavy atom. The van der Waals surface area contributed by atoms with Gasteiger partial charge in [0.1, 0.15) is 0 Å². The molecule has 21 heavy (non-hydrogen) atoms. The highest BCUT2D eigenvalue weighted by Crippen LogP contribution is 2.11. The number of aliphatic hydroxyl groups excluding tert-OH is 1. The average Bonchev–Trinajstić information content (AvgIpc) is 2.34. The highest BCUT2D eigenvalue weighted by atomic mass is 32.2. The first-order valence-electron chi connectivity index (χ1n) is 6.54. The van der Waals surface area contributed by atoms with Crippen molar-refractivity contribution in [1.82, 2.24) is 5.32 Å². The summed E-state index contributed by atoms with van der Waals surface area (Å²) in [6.45, 7) is 6.51. The first kappa shape index (κ1) is 19.8. The largest absolute Gasteiger partial charge is 0.425 e. The van der Waals surface area contributed by atoms with Crippen LogP contribution in [0.1, 0.15) is 27.7 Å². The molecule has 0 radical (unpaired) electrons. The topological polar surface area (TPSA) is 122 Å². The number of aliphatic hydroxyl groups is 1. The van der Waals surface area contributed by atoms with E-state index in [1.807, 2.05) is 0 Å². The summed E-state index contributed by atoms with van der Waals surface area (Å²) in [5.74, 6) is -1.46. The highest BCUT2D eigenvalue weighted by Gasteiger charge is 2.24. The molecule has 0 fully saturated rings. The second-order valence-corrected chi connectivity index (χ2v) is 6.11. The van der Waals surface area contributed by atoms with Crippen molar-refractivity contribution in [2.75, 3.05) is 12.3 Å². The van der Waals surface area contributed by atoms with Gasteiger partial charge in [-0.25, -0.2) is 9.00 Å². The lowest BCUT2D eigenvalue weighted by Crippen LogP contribution is -2.39.